The van der Waals surface area contributed by atoms with Gasteiger partial charge >= 0.3 is 0 Å². The van der Waals surface area contributed by atoms with E-state index in [1.54, 1.807) is 16.3 Å². The molecule has 2 aromatic heterocycles. The summed E-state index contributed by atoms with van der Waals surface area (Å²) in [7, 11) is 0. The zero-order valence-electron chi connectivity index (χ0n) is 15.3. The number of hydrogen-bond donors (Lipinski definition) is 0. The first kappa shape index (κ1) is 17.8. The highest BCUT2D eigenvalue weighted by Crippen LogP contribution is 2.24. The Kier molecular flexibility index (Phi) is 5.25. The van der Waals surface area contributed by atoms with Crippen LogP contribution in [-0.4, -0.2) is 19.2 Å². The zero-order valence-corrected chi connectivity index (χ0v) is 16.2. The van der Waals surface area contributed by atoms with Crippen molar-refractivity contribution in [1.82, 2.24) is 19.2 Å². The van der Waals surface area contributed by atoms with Crippen LogP contribution >= 0.6 is 11.8 Å². The second-order valence-electron chi connectivity index (χ2n) is 6.57. The maximum atomic E-state index is 13.0. The molecule has 0 amide bonds. The summed E-state index contributed by atoms with van der Waals surface area (Å²) in [4.78, 5) is 13.0. The van der Waals surface area contributed by atoms with Crippen molar-refractivity contribution in [3.05, 3.63) is 70.5 Å². The molecule has 27 heavy (non-hydrogen) atoms. The van der Waals surface area contributed by atoms with Gasteiger partial charge in [0.15, 0.2) is 5.16 Å². The second-order valence-corrected chi connectivity index (χ2v) is 7.52. The van der Waals surface area contributed by atoms with E-state index in [9.17, 15) is 4.79 Å². The van der Waals surface area contributed by atoms with Gasteiger partial charge in [0.1, 0.15) is 0 Å². The number of fused-ring (bicyclic) bond motifs is 3. The average Bonchev–Trinajstić information content (AvgIpc) is 3.14. The van der Waals surface area contributed by atoms with Crippen LogP contribution in [0.2, 0.25) is 0 Å². The molecule has 138 valence electrons. The minimum absolute atomic E-state index is 0.0150. The number of thioether (sulfide) groups is 1. The van der Waals surface area contributed by atoms with Gasteiger partial charge in [-0.2, -0.15) is 0 Å². The van der Waals surface area contributed by atoms with Gasteiger partial charge in [-0.1, -0.05) is 74.0 Å². The molecule has 0 N–H and O–H groups in total. The highest BCUT2D eigenvalue weighted by molar-refractivity contribution is 7.98. The zero-order chi connectivity index (χ0) is 18.6. The molecule has 0 atom stereocenters. The van der Waals surface area contributed by atoms with Crippen molar-refractivity contribution in [2.45, 2.75) is 43.6 Å². The van der Waals surface area contributed by atoms with Crippen molar-refractivity contribution in [2.75, 3.05) is 0 Å². The Morgan fingerprint density at radius 2 is 1.74 bits per heavy atom. The smallest absolute Gasteiger partial charge is 0.262 e. The molecule has 0 saturated carbocycles. The summed E-state index contributed by atoms with van der Waals surface area (Å²) in [6.07, 6.45) is 3.17. The standard InChI is InChI=1S/C21H22N4OS/c1-2-3-9-14-24-19(26)17-12-7-8-13-18(17)25-20(24)22-23-21(25)27-15-16-10-5-4-6-11-16/h4-8,10-13H,2-3,9,14-15H2,1H3. The normalized spacial score (nSPS) is 11.4. The van der Waals surface area contributed by atoms with E-state index in [2.05, 4.69) is 29.3 Å². The number of hydrogen-bond acceptors (Lipinski definition) is 4. The molecule has 6 heteroatoms. The number of benzene rings is 2. The van der Waals surface area contributed by atoms with Crippen LogP contribution in [0.3, 0.4) is 0 Å². The van der Waals surface area contributed by atoms with Gasteiger partial charge < -0.3 is 0 Å². The quantitative estimate of drug-likeness (QED) is 0.350. The van der Waals surface area contributed by atoms with Crippen LogP contribution < -0.4 is 5.56 Å². The van der Waals surface area contributed by atoms with Gasteiger partial charge in [-0.05, 0) is 24.1 Å². The first-order valence-corrected chi connectivity index (χ1v) is 10.3. The molecule has 2 heterocycles. The lowest BCUT2D eigenvalue weighted by molar-refractivity contribution is 0.594. The van der Waals surface area contributed by atoms with E-state index in [0.29, 0.717) is 17.7 Å². The fraction of sp³-hybridized carbons (Fsp3) is 0.286. The number of aryl methyl sites for hydroxylation is 1. The van der Waals surface area contributed by atoms with Crippen molar-refractivity contribution in [3.8, 4) is 0 Å². The minimum atomic E-state index is 0.0150. The number of nitrogens with zero attached hydrogens (tertiary/aromatic N) is 4. The van der Waals surface area contributed by atoms with E-state index < -0.39 is 0 Å². The Morgan fingerprint density at radius 3 is 2.56 bits per heavy atom. The number of rotatable bonds is 7. The summed E-state index contributed by atoms with van der Waals surface area (Å²) in [6, 6.07) is 18.0. The molecular formula is C21H22N4OS. The Hall–Kier alpha value is -2.60. The van der Waals surface area contributed by atoms with Gasteiger partial charge in [0.2, 0.25) is 5.78 Å². The predicted octanol–water partition coefficient (Wildman–Crippen LogP) is 4.53. The van der Waals surface area contributed by atoms with E-state index >= 15 is 0 Å². The van der Waals surface area contributed by atoms with Crippen LogP contribution in [0, 0.1) is 0 Å². The highest BCUT2D eigenvalue weighted by atomic mass is 32.2. The van der Waals surface area contributed by atoms with E-state index in [4.69, 9.17) is 0 Å². The molecule has 0 aliphatic carbocycles. The molecule has 0 unspecified atom stereocenters. The fourth-order valence-corrected chi connectivity index (χ4v) is 4.17. The molecule has 5 nitrogen and oxygen atoms in total. The molecule has 2 aromatic carbocycles. The summed E-state index contributed by atoms with van der Waals surface area (Å²) in [5.41, 5.74) is 2.12. The third-order valence-corrected chi connectivity index (χ3v) is 5.67. The molecule has 4 rings (SSSR count). The molecule has 0 spiro atoms. The predicted molar refractivity (Wildman–Crippen MR) is 110 cm³/mol. The van der Waals surface area contributed by atoms with Crippen molar-refractivity contribution in [3.63, 3.8) is 0 Å². The number of para-hydroxylation sites is 1. The van der Waals surface area contributed by atoms with Gasteiger partial charge in [0, 0.05) is 12.3 Å². The fourth-order valence-electron chi connectivity index (χ4n) is 3.27. The first-order valence-electron chi connectivity index (χ1n) is 9.33. The Bertz CT molecular complexity index is 1120. The SMILES string of the molecule is CCCCCn1c(=O)c2ccccc2n2c(SCc3ccccc3)nnc12. The average molecular weight is 379 g/mol. The summed E-state index contributed by atoms with van der Waals surface area (Å²) in [5.74, 6) is 1.44. The van der Waals surface area contributed by atoms with Crippen LogP contribution in [0.5, 0.6) is 0 Å². The Labute approximate surface area is 162 Å². The van der Waals surface area contributed by atoms with Gasteiger partial charge in [0.25, 0.3) is 5.56 Å². The van der Waals surface area contributed by atoms with E-state index in [1.807, 2.05) is 46.9 Å². The molecule has 0 aliphatic heterocycles. The van der Waals surface area contributed by atoms with E-state index in [1.165, 1.54) is 5.56 Å². The van der Waals surface area contributed by atoms with Crippen molar-refractivity contribution < 1.29 is 0 Å². The Morgan fingerprint density at radius 1 is 0.963 bits per heavy atom. The molecule has 0 radical (unpaired) electrons. The monoisotopic (exact) mass is 378 g/mol. The molecule has 0 aliphatic rings. The lowest BCUT2D eigenvalue weighted by atomic mass is 10.2. The number of unbranched alkanes of at least 4 members (excludes halogenated alkanes) is 2. The largest absolute Gasteiger partial charge is 0.276 e. The molecule has 0 fully saturated rings. The van der Waals surface area contributed by atoms with Gasteiger partial charge in [0.05, 0.1) is 10.9 Å². The summed E-state index contributed by atoms with van der Waals surface area (Å²) < 4.78 is 3.80. The maximum Gasteiger partial charge on any atom is 0.262 e. The molecule has 0 bridgehead atoms. The van der Waals surface area contributed by atoms with Crippen LogP contribution in [0.1, 0.15) is 31.7 Å². The van der Waals surface area contributed by atoms with Crippen LogP contribution in [0.4, 0.5) is 0 Å². The van der Waals surface area contributed by atoms with Crippen molar-refractivity contribution in [1.29, 1.82) is 0 Å². The minimum Gasteiger partial charge on any atom is -0.276 e. The second kappa shape index (κ2) is 7.96. The highest BCUT2D eigenvalue weighted by Gasteiger charge is 2.16. The van der Waals surface area contributed by atoms with Gasteiger partial charge in [-0.3, -0.25) is 13.8 Å². The third-order valence-electron chi connectivity index (χ3n) is 4.67. The molecular weight excluding hydrogens is 356 g/mol. The lowest BCUT2D eigenvalue weighted by Crippen LogP contribution is -2.23. The maximum absolute atomic E-state index is 13.0. The van der Waals surface area contributed by atoms with Crippen LogP contribution in [0.15, 0.2) is 64.5 Å². The lowest BCUT2D eigenvalue weighted by Gasteiger charge is -2.11. The number of aromatic nitrogens is 4. The first-order chi connectivity index (χ1) is 13.3. The van der Waals surface area contributed by atoms with Crippen LogP contribution in [-0.2, 0) is 12.3 Å². The van der Waals surface area contributed by atoms with Crippen LogP contribution in [0.25, 0.3) is 16.7 Å². The van der Waals surface area contributed by atoms with Crippen molar-refractivity contribution in [2.24, 2.45) is 0 Å². The summed E-state index contributed by atoms with van der Waals surface area (Å²) >= 11 is 1.64. The third kappa shape index (κ3) is 3.49. The Balaban J connectivity index is 1.80. The molecule has 0 saturated heterocycles. The van der Waals surface area contributed by atoms with Gasteiger partial charge in [-0.25, -0.2) is 0 Å². The van der Waals surface area contributed by atoms with Gasteiger partial charge in [-0.15, -0.1) is 10.2 Å². The summed E-state index contributed by atoms with van der Waals surface area (Å²) in [5, 5.41) is 10.3. The van der Waals surface area contributed by atoms with E-state index in [-0.39, 0.29) is 5.56 Å². The topological polar surface area (TPSA) is 52.2 Å². The molecule has 4 aromatic rings. The van der Waals surface area contributed by atoms with E-state index in [0.717, 1.165) is 35.7 Å². The summed E-state index contributed by atoms with van der Waals surface area (Å²) in [6.45, 7) is 2.83. The van der Waals surface area contributed by atoms with Crippen molar-refractivity contribution >= 4 is 28.4 Å².